The molecule has 106 valence electrons. The van der Waals surface area contributed by atoms with Crippen LogP contribution >= 0.6 is 0 Å². The van der Waals surface area contributed by atoms with Gasteiger partial charge in [-0.05, 0) is 5.56 Å². The summed E-state index contributed by atoms with van der Waals surface area (Å²) in [6.45, 7) is 0. The Balaban J connectivity index is 0.000000313. The van der Waals surface area contributed by atoms with E-state index in [0.717, 1.165) is 11.1 Å². The number of carbonyl (C=O) groups is 1. The summed E-state index contributed by atoms with van der Waals surface area (Å²) in [4.78, 5) is 11.6. The molecule has 0 amide bonds. The minimum Gasteiger partial charge on any atom is -0.311 e. The number of hydrogen-bond acceptors (Lipinski definition) is 1. The third kappa shape index (κ3) is 6.22. The number of rotatable bonds is 3. The fraction of sp³-hybridized carbons (Fsp3) is 0. The van der Waals surface area contributed by atoms with Crippen LogP contribution in [-0.2, 0) is 17.1 Å². The van der Waals surface area contributed by atoms with Gasteiger partial charge < -0.3 is 4.79 Å². The van der Waals surface area contributed by atoms with Crippen LogP contribution < -0.4 is 0 Å². The van der Waals surface area contributed by atoms with E-state index in [9.17, 15) is 4.79 Å². The third-order valence-electron chi connectivity index (χ3n) is 2.73. The summed E-state index contributed by atoms with van der Waals surface area (Å²) < 4.78 is 0. The molecule has 1 nitrogen and oxygen atoms in total. The molecule has 0 heterocycles. The molecule has 0 unspecified atom stereocenters. The fourth-order valence-corrected chi connectivity index (χ4v) is 1.69. The Labute approximate surface area is 136 Å². The molecule has 0 atom stereocenters. The molecule has 0 aliphatic carbocycles. The number of allylic oxidation sites excluding steroid dienone is 1. The standard InChI is InChI=1S/C14H11O.C5H5.Fe/c15-14(13-8-4-5-9-13)11-10-12-6-2-1-3-7-12;1-2-4-5-3-1;/h1-11H;1-5H;/q2*-1;+2. The molecule has 0 N–H and O–H groups in total. The average molecular weight is 316 g/mol. The summed E-state index contributed by atoms with van der Waals surface area (Å²) in [6, 6.07) is 27.2. The van der Waals surface area contributed by atoms with E-state index in [1.165, 1.54) is 0 Å². The largest absolute Gasteiger partial charge is 2.00 e. The van der Waals surface area contributed by atoms with Crippen molar-refractivity contribution in [1.82, 2.24) is 0 Å². The van der Waals surface area contributed by atoms with Gasteiger partial charge in [0.1, 0.15) is 5.78 Å². The van der Waals surface area contributed by atoms with Crippen LogP contribution in [-0.4, -0.2) is 5.78 Å². The summed E-state index contributed by atoms with van der Waals surface area (Å²) in [5.41, 5.74) is 1.78. The molecule has 2 heteroatoms. The van der Waals surface area contributed by atoms with Gasteiger partial charge in [0.05, 0.1) is 0 Å². The monoisotopic (exact) mass is 316 g/mol. The Morgan fingerprint density at radius 3 is 2.05 bits per heavy atom. The van der Waals surface area contributed by atoms with E-state index >= 15 is 0 Å². The number of ketones is 1. The number of carbonyl (C=O) groups excluding carboxylic acids is 1. The molecule has 0 aliphatic heterocycles. The molecule has 0 spiro atoms. The van der Waals surface area contributed by atoms with E-state index in [-0.39, 0.29) is 22.9 Å². The van der Waals surface area contributed by atoms with Crippen LogP contribution in [0.3, 0.4) is 0 Å². The van der Waals surface area contributed by atoms with E-state index in [1.807, 2.05) is 91.0 Å². The van der Waals surface area contributed by atoms with Crippen molar-refractivity contribution in [3.8, 4) is 0 Å². The van der Waals surface area contributed by atoms with Crippen molar-refractivity contribution in [2.24, 2.45) is 0 Å². The second-order valence-corrected chi connectivity index (χ2v) is 4.24. The SMILES string of the molecule is O=C(C=Cc1ccccc1)[c-]1cccc1.[Fe+2].c1cc[cH-]c1. The van der Waals surface area contributed by atoms with E-state index < -0.39 is 0 Å². The molecule has 0 aromatic heterocycles. The molecule has 0 saturated carbocycles. The van der Waals surface area contributed by atoms with Gasteiger partial charge in [-0.1, -0.05) is 48.0 Å². The van der Waals surface area contributed by atoms with Gasteiger partial charge in [-0.3, -0.25) is 0 Å². The molecule has 0 fully saturated rings. The predicted molar refractivity (Wildman–Crippen MR) is 83.9 cm³/mol. The van der Waals surface area contributed by atoms with Crippen molar-refractivity contribution in [2.75, 3.05) is 0 Å². The van der Waals surface area contributed by atoms with Crippen LogP contribution in [0.5, 0.6) is 0 Å². The second-order valence-electron chi connectivity index (χ2n) is 4.24. The molecule has 3 aromatic carbocycles. The molecule has 0 saturated heterocycles. The van der Waals surface area contributed by atoms with Crippen molar-refractivity contribution in [2.45, 2.75) is 0 Å². The molecule has 3 rings (SSSR count). The van der Waals surface area contributed by atoms with Crippen LogP contribution in [0, 0.1) is 0 Å². The minimum atomic E-state index is 0. The summed E-state index contributed by atoms with van der Waals surface area (Å²) in [5, 5.41) is 0. The molecule has 0 radical (unpaired) electrons. The second kappa shape index (κ2) is 9.71. The fourth-order valence-electron chi connectivity index (χ4n) is 1.69. The Morgan fingerprint density at radius 1 is 0.905 bits per heavy atom. The molecule has 3 aromatic rings. The summed E-state index contributed by atoms with van der Waals surface area (Å²) >= 11 is 0. The predicted octanol–water partition coefficient (Wildman–Crippen LogP) is 4.70. The van der Waals surface area contributed by atoms with Gasteiger partial charge in [0.25, 0.3) is 0 Å². The molecule has 0 bridgehead atoms. The zero-order valence-corrected chi connectivity index (χ0v) is 12.6. The van der Waals surface area contributed by atoms with Crippen molar-refractivity contribution in [1.29, 1.82) is 0 Å². The molecular weight excluding hydrogens is 300 g/mol. The van der Waals surface area contributed by atoms with Crippen LogP contribution in [0.15, 0.2) is 91.0 Å². The maximum absolute atomic E-state index is 11.6. The first-order chi connectivity index (χ1) is 9.86. The quantitative estimate of drug-likeness (QED) is 0.296. The van der Waals surface area contributed by atoms with Crippen LogP contribution in [0.4, 0.5) is 0 Å². The first kappa shape index (κ1) is 16.9. The molecule has 0 aliphatic rings. The topological polar surface area (TPSA) is 17.1 Å². The van der Waals surface area contributed by atoms with Crippen LogP contribution in [0.1, 0.15) is 15.9 Å². The van der Waals surface area contributed by atoms with Crippen LogP contribution in [0.25, 0.3) is 6.08 Å². The Bertz CT molecular complexity index is 602. The van der Waals surface area contributed by atoms with Gasteiger partial charge >= 0.3 is 17.1 Å². The zero-order chi connectivity index (χ0) is 14.0. The number of benzene rings is 1. The maximum atomic E-state index is 11.6. The zero-order valence-electron chi connectivity index (χ0n) is 11.5. The van der Waals surface area contributed by atoms with E-state index in [1.54, 1.807) is 6.08 Å². The normalized spacial score (nSPS) is 9.52. The van der Waals surface area contributed by atoms with Gasteiger partial charge in [0.15, 0.2) is 0 Å². The average Bonchev–Trinajstić information content (AvgIpc) is 3.20. The van der Waals surface area contributed by atoms with Crippen molar-refractivity contribution < 1.29 is 21.9 Å². The van der Waals surface area contributed by atoms with Crippen molar-refractivity contribution >= 4 is 11.9 Å². The number of hydrogen-bond donors (Lipinski definition) is 0. The van der Waals surface area contributed by atoms with Gasteiger partial charge in [0, 0.05) is 0 Å². The Morgan fingerprint density at radius 2 is 1.52 bits per heavy atom. The van der Waals surface area contributed by atoms with Gasteiger partial charge in [-0.2, -0.15) is 30.3 Å². The van der Waals surface area contributed by atoms with Gasteiger partial charge in [-0.15, -0.1) is 12.1 Å². The maximum Gasteiger partial charge on any atom is 2.00 e. The van der Waals surface area contributed by atoms with E-state index in [4.69, 9.17) is 0 Å². The Kier molecular flexibility index (Phi) is 7.81. The van der Waals surface area contributed by atoms with Gasteiger partial charge in [0.2, 0.25) is 0 Å². The van der Waals surface area contributed by atoms with Crippen molar-refractivity contribution in [3.05, 3.63) is 102 Å². The Hall–Kier alpha value is -2.15. The first-order valence-electron chi connectivity index (χ1n) is 6.52. The third-order valence-corrected chi connectivity index (χ3v) is 2.73. The van der Waals surface area contributed by atoms with Crippen LogP contribution in [0.2, 0.25) is 0 Å². The van der Waals surface area contributed by atoms with Crippen molar-refractivity contribution in [3.63, 3.8) is 0 Å². The summed E-state index contributed by atoms with van der Waals surface area (Å²) in [6.07, 6.45) is 3.43. The van der Waals surface area contributed by atoms with E-state index in [0.29, 0.717) is 0 Å². The minimum absolute atomic E-state index is 0. The summed E-state index contributed by atoms with van der Waals surface area (Å²) in [5.74, 6) is 0.0452. The molecular formula is C19H16FeO. The summed E-state index contributed by atoms with van der Waals surface area (Å²) in [7, 11) is 0. The van der Waals surface area contributed by atoms with Gasteiger partial charge in [-0.25, -0.2) is 12.1 Å². The van der Waals surface area contributed by atoms with E-state index in [2.05, 4.69) is 0 Å². The molecule has 21 heavy (non-hydrogen) atoms. The smallest absolute Gasteiger partial charge is 0.311 e. The first-order valence-corrected chi connectivity index (χ1v) is 6.52.